The van der Waals surface area contributed by atoms with Gasteiger partial charge in [0, 0.05) is 11.3 Å². The van der Waals surface area contributed by atoms with Crippen molar-refractivity contribution in [2.75, 3.05) is 11.1 Å². The van der Waals surface area contributed by atoms with Gasteiger partial charge in [0.25, 0.3) is 5.91 Å². The number of hydrogen-bond donors (Lipinski definition) is 2. The number of nitrogens with zero attached hydrogens (tertiary/aromatic N) is 1. The molecule has 0 heterocycles. The molecule has 0 saturated heterocycles. The highest BCUT2D eigenvalue weighted by atomic mass is 32.2. The fourth-order valence-electron chi connectivity index (χ4n) is 4.59. The quantitative estimate of drug-likeness (QED) is 0.514. The van der Waals surface area contributed by atoms with Crippen molar-refractivity contribution in [3.63, 3.8) is 0 Å². The van der Waals surface area contributed by atoms with Gasteiger partial charge in [-0.2, -0.15) is 5.26 Å². The Morgan fingerprint density at radius 2 is 1.72 bits per heavy atom. The summed E-state index contributed by atoms with van der Waals surface area (Å²) in [5.41, 5.74) is 0.786. The van der Waals surface area contributed by atoms with E-state index in [0.29, 0.717) is 29.2 Å². The highest BCUT2D eigenvalue weighted by Crippen LogP contribution is 2.28. The van der Waals surface area contributed by atoms with E-state index in [2.05, 4.69) is 10.6 Å². The lowest BCUT2D eigenvalue weighted by Gasteiger charge is -2.26. The first kappa shape index (κ1) is 27.4. The molecule has 192 valence electrons. The Morgan fingerprint density at radius 1 is 1.06 bits per heavy atom. The number of nitriles is 1. The number of sulfone groups is 1. The van der Waals surface area contributed by atoms with Crippen LogP contribution in [0, 0.1) is 22.7 Å². The van der Waals surface area contributed by atoms with Crippen molar-refractivity contribution in [1.29, 1.82) is 5.26 Å². The summed E-state index contributed by atoms with van der Waals surface area (Å²) in [6, 6.07) is 13.8. The zero-order valence-electron chi connectivity index (χ0n) is 21.2. The Kier molecular flexibility index (Phi) is 8.91. The smallest absolute Gasteiger partial charge is 0.251 e. The Labute approximate surface area is 214 Å². The van der Waals surface area contributed by atoms with Crippen LogP contribution >= 0.6 is 0 Å². The van der Waals surface area contributed by atoms with Crippen LogP contribution in [0.5, 0.6) is 0 Å². The number of nitrogens with one attached hydrogen (secondary N) is 2. The third kappa shape index (κ3) is 7.92. The minimum atomic E-state index is -3.44. The minimum absolute atomic E-state index is 0.0220. The van der Waals surface area contributed by atoms with Gasteiger partial charge in [0.1, 0.15) is 6.04 Å². The maximum Gasteiger partial charge on any atom is 0.251 e. The molecule has 1 saturated carbocycles. The Hall–Kier alpha value is -3.18. The second-order valence-electron chi connectivity index (χ2n) is 10.8. The SMILES string of the molecule is CC(C)(C)CS(=O)(=O)c1ccc(NC(=O)[C@H](CC2CCCCC2)NC(=O)c2cccc(C#N)c2)cc1. The van der Waals surface area contributed by atoms with Crippen LogP contribution in [0.1, 0.15) is 75.2 Å². The van der Waals surface area contributed by atoms with Gasteiger partial charge in [-0.25, -0.2) is 8.42 Å². The van der Waals surface area contributed by atoms with E-state index in [0.717, 1.165) is 25.7 Å². The molecule has 0 radical (unpaired) electrons. The van der Waals surface area contributed by atoms with Gasteiger partial charge in [0.05, 0.1) is 22.3 Å². The third-order valence-corrected chi connectivity index (χ3v) is 8.51. The molecule has 0 aromatic heterocycles. The van der Waals surface area contributed by atoms with E-state index in [-0.39, 0.29) is 22.0 Å². The molecular formula is C28H35N3O4S. The van der Waals surface area contributed by atoms with E-state index in [1.54, 1.807) is 30.3 Å². The molecule has 0 aliphatic heterocycles. The van der Waals surface area contributed by atoms with Gasteiger partial charge >= 0.3 is 0 Å². The molecule has 2 aromatic rings. The second-order valence-corrected chi connectivity index (χ2v) is 12.8. The molecule has 1 fully saturated rings. The van der Waals surface area contributed by atoms with Gasteiger partial charge in [-0.3, -0.25) is 9.59 Å². The van der Waals surface area contributed by atoms with E-state index in [1.807, 2.05) is 26.8 Å². The van der Waals surface area contributed by atoms with E-state index >= 15 is 0 Å². The highest BCUT2D eigenvalue weighted by molar-refractivity contribution is 7.91. The molecule has 2 amide bonds. The van der Waals surface area contributed by atoms with Crippen molar-refractivity contribution >= 4 is 27.3 Å². The van der Waals surface area contributed by atoms with Crippen LogP contribution in [0.15, 0.2) is 53.4 Å². The summed E-state index contributed by atoms with van der Waals surface area (Å²) in [6.45, 7) is 5.61. The van der Waals surface area contributed by atoms with E-state index in [1.165, 1.54) is 24.6 Å². The molecule has 2 N–H and O–H groups in total. The molecule has 3 rings (SSSR count). The molecule has 0 spiro atoms. The summed E-state index contributed by atoms with van der Waals surface area (Å²) in [7, 11) is -3.44. The summed E-state index contributed by atoms with van der Waals surface area (Å²) in [6.07, 6.45) is 5.97. The molecular weight excluding hydrogens is 474 g/mol. The molecule has 7 nitrogen and oxygen atoms in total. The maximum absolute atomic E-state index is 13.2. The number of benzene rings is 2. The monoisotopic (exact) mass is 509 g/mol. The molecule has 1 atom stereocenters. The number of rotatable bonds is 8. The number of hydrogen-bond acceptors (Lipinski definition) is 5. The zero-order valence-corrected chi connectivity index (χ0v) is 22.0. The lowest BCUT2D eigenvalue weighted by Crippen LogP contribution is -2.45. The van der Waals surface area contributed by atoms with Crippen LogP contribution in [-0.2, 0) is 14.6 Å². The minimum Gasteiger partial charge on any atom is -0.340 e. The highest BCUT2D eigenvalue weighted by Gasteiger charge is 2.27. The summed E-state index contributed by atoms with van der Waals surface area (Å²) >= 11 is 0. The van der Waals surface area contributed by atoms with E-state index in [9.17, 15) is 18.0 Å². The molecule has 8 heteroatoms. The number of carbonyl (C=O) groups excluding carboxylic acids is 2. The normalized spacial score (nSPS) is 15.5. The summed E-state index contributed by atoms with van der Waals surface area (Å²) in [5, 5.41) is 14.8. The maximum atomic E-state index is 13.2. The number of amides is 2. The molecule has 0 bridgehead atoms. The van der Waals surface area contributed by atoms with Gasteiger partial charge in [-0.15, -0.1) is 0 Å². The fourth-order valence-corrected chi connectivity index (χ4v) is 6.45. The van der Waals surface area contributed by atoms with Gasteiger partial charge in [-0.1, -0.05) is 58.9 Å². The van der Waals surface area contributed by atoms with Crippen LogP contribution in [0.2, 0.25) is 0 Å². The Morgan fingerprint density at radius 3 is 2.33 bits per heavy atom. The third-order valence-electron chi connectivity index (χ3n) is 6.27. The first-order valence-corrected chi connectivity index (χ1v) is 14.1. The van der Waals surface area contributed by atoms with Crippen molar-refractivity contribution in [2.24, 2.45) is 11.3 Å². The number of carbonyl (C=O) groups is 2. The number of anilines is 1. The van der Waals surface area contributed by atoms with E-state index < -0.39 is 21.8 Å². The van der Waals surface area contributed by atoms with Gasteiger partial charge in [-0.05, 0) is 60.2 Å². The molecule has 36 heavy (non-hydrogen) atoms. The first-order chi connectivity index (χ1) is 17.0. The van der Waals surface area contributed by atoms with Crippen LogP contribution in [-0.4, -0.2) is 32.0 Å². The lowest BCUT2D eigenvalue weighted by molar-refractivity contribution is -0.118. The van der Waals surface area contributed by atoms with Crippen LogP contribution in [0.3, 0.4) is 0 Å². The Bertz CT molecular complexity index is 1220. The van der Waals surface area contributed by atoms with Crippen LogP contribution in [0.4, 0.5) is 5.69 Å². The van der Waals surface area contributed by atoms with Crippen molar-refractivity contribution in [3.8, 4) is 6.07 Å². The summed E-state index contributed by atoms with van der Waals surface area (Å²) in [4.78, 5) is 26.4. The van der Waals surface area contributed by atoms with Crippen molar-refractivity contribution in [3.05, 3.63) is 59.7 Å². The molecule has 2 aromatic carbocycles. The molecule has 0 unspecified atom stereocenters. The van der Waals surface area contributed by atoms with Gasteiger partial charge in [0.2, 0.25) is 5.91 Å². The van der Waals surface area contributed by atoms with Crippen molar-refractivity contribution < 1.29 is 18.0 Å². The van der Waals surface area contributed by atoms with Crippen LogP contribution in [0.25, 0.3) is 0 Å². The fraction of sp³-hybridized carbons (Fsp3) is 0.464. The average Bonchev–Trinajstić information content (AvgIpc) is 2.83. The predicted molar refractivity (Wildman–Crippen MR) is 140 cm³/mol. The summed E-state index contributed by atoms with van der Waals surface area (Å²) in [5.74, 6) is -0.402. The van der Waals surface area contributed by atoms with Gasteiger partial charge < -0.3 is 10.6 Å². The molecule has 1 aliphatic rings. The van der Waals surface area contributed by atoms with Crippen LogP contribution < -0.4 is 10.6 Å². The standard InChI is InChI=1S/C28H35N3O4S/c1-28(2,3)19-36(34,35)24-14-12-23(13-15-24)30-27(33)25(17-20-8-5-4-6-9-20)31-26(32)22-11-7-10-21(16-22)18-29/h7,10-16,20,25H,4-6,8-9,17,19H2,1-3H3,(H,30,33)(H,31,32)/t25-/m0/s1. The largest absolute Gasteiger partial charge is 0.340 e. The van der Waals surface area contributed by atoms with Crippen molar-refractivity contribution in [1.82, 2.24) is 5.32 Å². The van der Waals surface area contributed by atoms with Crippen molar-refractivity contribution in [2.45, 2.75) is 70.2 Å². The second kappa shape index (κ2) is 11.7. The Balaban J connectivity index is 1.75. The predicted octanol–water partition coefficient (Wildman–Crippen LogP) is 5.09. The van der Waals surface area contributed by atoms with E-state index in [4.69, 9.17) is 5.26 Å². The molecule has 1 aliphatic carbocycles. The average molecular weight is 510 g/mol. The topological polar surface area (TPSA) is 116 Å². The zero-order chi connectivity index (χ0) is 26.3. The summed E-state index contributed by atoms with van der Waals surface area (Å²) < 4.78 is 25.3. The first-order valence-electron chi connectivity index (χ1n) is 12.4. The lowest BCUT2D eigenvalue weighted by atomic mass is 9.84. The van der Waals surface area contributed by atoms with Gasteiger partial charge in [0.15, 0.2) is 9.84 Å².